The van der Waals surface area contributed by atoms with Gasteiger partial charge in [-0.2, -0.15) is 4.98 Å². The van der Waals surface area contributed by atoms with Crippen LogP contribution in [-0.2, 0) is 10.3 Å². The maximum Gasteiger partial charge on any atom is 0.249 e. The largest absolute Gasteiger partial charge is 0.379 e. The van der Waals surface area contributed by atoms with Gasteiger partial charge in [0.15, 0.2) is 5.82 Å². The van der Waals surface area contributed by atoms with Gasteiger partial charge in [-0.3, -0.25) is 0 Å². The Hall–Kier alpha value is -0.940. The van der Waals surface area contributed by atoms with Crippen molar-refractivity contribution in [2.75, 3.05) is 13.2 Å². The molecule has 0 amide bonds. The maximum absolute atomic E-state index is 6.20. The second-order valence-electron chi connectivity index (χ2n) is 5.25. The normalized spacial score (nSPS) is 30.9. The third kappa shape index (κ3) is 2.09. The molecule has 0 spiro atoms. The van der Waals surface area contributed by atoms with Gasteiger partial charge in [0.25, 0.3) is 0 Å². The van der Waals surface area contributed by atoms with Gasteiger partial charge < -0.3 is 15.0 Å². The van der Waals surface area contributed by atoms with E-state index in [0.29, 0.717) is 25.0 Å². The molecule has 5 nitrogen and oxygen atoms in total. The lowest BCUT2D eigenvalue weighted by Crippen LogP contribution is -2.37. The van der Waals surface area contributed by atoms with Gasteiger partial charge in [0.2, 0.25) is 5.89 Å². The fourth-order valence-electron chi connectivity index (χ4n) is 2.71. The van der Waals surface area contributed by atoms with Gasteiger partial charge in [0.1, 0.15) is 5.54 Å². The molecule has 1 saturated heterocycles. The molecule has 1 aromatic heterocycles. The standard InChI is InChI=1S/C12H19N3O2/c13-12(6-7-16-8-12)11-14-10(15-17-11)9-4-2-1-3-5-9/h9H,1-8,13H2. The van der Waals surface area contributed by atoms with Crippen LogP contribution in [0.15, 0.2) is 4.52 Å². The van der Waals surface area contributed by atoms with Crippen molar-refractivity contribution >= 4 is 0 Å². The molecule has 1 aliphatic heterocycles. The van der Waals surface area contributed by atoms with Crippen LogP contribution in [-0.4, -0.2) is 23.4 Å². The highest BCUT2D eigenvalue weighted by Crippen LogP contribution is 2.33. The molecule has 2 heterocycles. The Morgan fingerprint density at radius 3 is 2.76 bits per heavy atom. The molecule has 2 N–H and O–H groups in total. The van der Waals surface area contributed by atoms with Crippen LogP contribution in [0.25, 0.3) is 0 Å². The summed E-state index contributed by atoms with van der Waals surface area (Å²) in [5.74, 6) is 1.86. The van der Waals surface area contributed by atoms with E-state index < -0.39 is 5.54 Å². The van der Waals surface area contributed by atoms with Crippen LogP contribution in [0, 0.1) is 0 Å². The zero-order valence-corrected chi connectivity index (χ0v) is 10.0. The van der Waals surface area contributed by atoms with Crippen molar-refractivity contribution in [3.8, 4) is 0 Å². The van der Waals surface area contributed by atoms with E-state index in [1.807, 2.05) is 0 Å². The molecule has 1 unspecified atom stereocenters. The molecule has 3 rings (SSSR count). The summed E-state index contributed by atoms with van der Waals surface area (Å²) in [6, 6.07) is 0. The summed E-state index contributed by atoms with van der Waals surface area (Å²) in [4.78, 5) is 4.50. The molecular weight excluding hydrogens is 218 g/mol. The molecule has 1 aromatic rings. The molecule has 94 valence electrons. The lowest BCUT2D eigenvalue weighted by atomic mass is 9.89. The van der Waals surface area contributed by atoms with E-state index in [9.17, 15) is 0 Å². The highest BCUT2D eigenvalue weighted by molar-refractivity contribution is 5.07. The SMILES string of the molecule is NC1(c2nc(C3CCCCC3)no2)CCOC1. The molecule has 1 atom stereocenters. The van der Waals surface area contributed by atoms with E-state index in [4.69, 9.17) is 15.0 Å². The minimum Gasteiger partial charge on any atom is -0.379 e. The van der Waals surface area contributed by atoms with Crippen LogP contribution in [0.4, 0.5) is 0 Å². The van der Waals surface area contributed by atoms with Crippen LogP contribution in [0.2, 0.25) is 0 Å². The molecular formula is C12H19N3O2. The summed E-state index contributed by atoms with van der Waals surface area (Å²) in [7, 11) is 0. The Balaban J connectivity index is 1.77. The zero-order chi connectivity index (χ0) is 11.7. The number of hydrogen-bond donors (Lipinski definition) is 1. The topological polar surface area (TPSA) is 74.2 Å². The first-order valence-corrected chi connectivity index (χ1v) is 6.49. The van der Waals surface area contributed by atoms with E-state index in [1.54, 1.807) is 0 Å². The van der Waals surface area contributed by atoms with Crippen molar-refractivity contribution in [1.29, 1.82) is 0 Å². The number of hydrogen-bond acceptors (Lipinski definition) is 5. The first kappa shape index (κ1) is 11.2. The highest BCUT2D eigenvalue weighted by Gasteiger charge is 2.38. The third-order valence-corrected chi connectivity index (χ3v) is 3.89. The summed E-state index contributed by atoms with van der Waals surface area (Å²) >= 11 is 0. The van der Waals surface area contributed by atoms with Crippen molar-refractivity contribution in [1.82, 2.24) is 10.1 Å². The summed E-state index contributed by atoms with van der Waals surface area (Å²) in [5, 5.41) is 4.11. The Morgan fingerprint density at radius 1 is 1.24 bits per heavy atom. The van der Waals surface area contributed by atoms with Gasteiger partial charge in [-0.25, -0.2) is 0 Å². The lowest BCUT2D eigenvalue weighted by Gasteiger charge is -2.18. The second-order valence-corrected chi connectivity index (χ2v) is 5.25. The highest BCUT2D eigenvalue weighted by atomic mass is 16.5. The predicted molar refractivity (Wildman–Crippen MR) is 61.4 cm³/mol. The van der Waals surface area contributed by atoms with Gasteiger partial charge in [0.05, 0.1) is 6.61 Å². The molecule has 5 heteroatoms. The van der Waals surface area contributed by atoms with Crippen molar-refractivity contribution < 1.29 is 9.26 Å². The quantitative estimate of drug-likeness (QED) is 0.847. The van der Waals surface area contributed by atoms with Crippen LogP contribution in [0.1, 0.15) is 56.2 Å². The molecule has 1 saturated carbocycles. The first-order chi connectivity index (χ1) is 8.28. The number of ether oxygens (including phenoxy) is 1. The lowest BCUT2D eigenvalue weighted by molar-refractivity contribution is 0.166. The number of rotatable bonds is 2. The van der Waals surface area contributed by atoms with E-state index in [0.717, 1.165) is 12.2 Å². The molecule has 0 bridgehead atoms. The average molecular weight is 237 g/mol. The average Bonchev–Trinajstić information content (AvgIpc) is 2.99. The maximum atomic E-state index is 6.20. The summed E-state index contributed by atoms with van der Waals surface area (Å²) in [6.07, 6.45) is 6.98. The Morgan fingerprint density at radius 2 is 2.06 bits per heavy atom. The van der Waals surface area contributed by atoms with Gasteiger partial charge in [-0.1, -0.05) is 24.4 Å². The minimum atomic E-state index is -0.556. The fraction of sp³-hybridized carbons (Fsp3) is 0.833. The number of nitrogens with two attached hydrogens (primary N) is 1. The smallest absolute Gasteiger partial charge is 0.249 e. The van der Waals surface area contributed by atoms with Gasteiger partial charge in [-0.05, 0) is 19.3 Å². The molecule has 2 aliphatic rings. The first-order valence-electron chi connectivity index (χ1n) is 6.49. The van der Waals surface area contributed by atoms with Crippen LogP contribution in [0.5, 0.6) is 0 Å². The molecule has 0 radical (unpaired) electrons. The van der Waals surface area contributed by atoms with E-state index in [-0.39, 0.29) is 0 Å². The van der Waals surface area contributed by atoms with Gasteiger partial charge >= 0.3 is 0 Å². The van der Waals surface area contributed by atoms with E-state index in [2.05, 4.69) is 10.1 Å². The predicted octanol–water partition coefficient (Wildman–Crippen LogP) is 1.69. The van der Waals surface area contributed by atoms with Crippen LogP contribution < -0.4 is 5.73 Å². The minimum absolute atomic E-state index is 0.465. The van der Waals surface area contributed by atoms with Crippen LogP contribution >= 0.6 is 0 Å². The Bertz CT molecular complexity index is 379. The second kappa shape index (κ2) is 4.38. The van der Waals surface area contributed by atoms with Crippen LogP contribution in [0.3, 0.4) is 0 Å². The third-order valence-electron chi connectivity index (χ3n) is 3.89. The Kier molecular flexibility index (Phi) is 2.88. The van der Waals surface area contributed by atoms with E-state index in [1.165, 1.54) is 32.1 Å². The molecule has 17 heavy (non-hydrogen) atoms. The fourth-order valence-corrected chi connectivity index (χ4v) is 2.71. The monoisotopic (exact) mass is 237 g/mol. The van der Waals surface area contributed by atoms with Crippen molar-refractivity contribution in [3.05, 3.63) is 11.7 Å². The summed E-state index contributed by atoms with van der Waals surface area (Å²) in [6.45, 7) is 1.16. The number of nitrogens with zero attached hydrogens (tertiary/aromatic N) is 2. The van der Waals surface area contributed by atoms with Crippen molar-refractivity contribution in [2.45, 2.75) is 50.0 Å². The van der Waals surface area contributed by atoms with Crippen molar-refractivity contribution in [3.63, 3.8) is 0 Å². The zero-order valence-electron chi connectivity index (χ0n) is 10.0. The summed E-state index contributed by atoms with van der Waals surface area (Å²) in [5.41, 5.74) is 5.65. The van der Waals surface area contributed by atoms with Crippen molar-refractivity contribution in [2.24, 2.45) is 5.73 Å². The molecule has 0 aromatic carbocycles. The Labute approximate surface area is 101 Å². The molecule has 2 fully saturated rings. The van der Waals surface area contributed by atoms with Gasteiger partial charge in [0, 0.05) is 12.5 Å². The number of aromatic nitrogens is 2. The van der Waals surface area contributed by atoms with Gasteiger partial charge in [-0.15, -0.1) is 0 Å². The molecule has 1 aliphatic carbocycles. The van der Waals surface area contributed by atoms with E-state index >= 15 is 0 Å². The summed E-state index contributed by atoms with van der Waals surface area (Å²) < 4.78 is 10.7.